The quantitative estimate of drug-likeness (QED) is 0.792. The molecule has 1 aromatic carbocycles. The van der Waals surface area contributed by atoms with Crippen LogP contribution in [0.1, 0.15) is 37.4 Å². The highest BCUT2D eigenvalue weighted by Gasteiger charge is 2.24. The fourth-order valence-corrected chi connectivity index (χ4v) is 1.72. The van der Waals surface area contributed by atoms with Crippen LogP contribution in [0, 0.1) is 12.7 Å². The van der Waals surface area contributed by atoms with Crippen molar-refractivity contribution < 1.29 is 13.9 Å². The summed E-state index contributed by atoms with van der Waals surface area (Å²) in [7, 11) is 0. The van der Waals surface area contributed by atoms with Crippen molar-refractivity contribution in [2.45, 2.75) is 33.2 Å². The van der Waals surface area contributed by atoms with Gasteiger partial charge in [-0.2, -0.15) is 0 Å². The number of hydrogen-bond acceptors (Lipinski definition) is 3. The predicted molar refractivity (Wildman–Crippen MR) is 68.8 cm³/mol. The first-order chi connectivity index (χ1) is 8.60. The van der Waals surface area contributed by atoms with E-state index in [0.29, 0.717) is 12.1 Å². The smallest absolute Gasteiger partial charge is 0.327 e. The molecule has 0 bridgehead atoms. The number of benzene rings is 1. The van der Waals surface area contributed by atoms with Crippen LogP contribution in [-0.4, -0.2) is 19.1 Å². The van der Waals surface area contributed by atoms with Gasteiger partial charge in [0.05, 0.1) is 6.61 Å². The first-order valence-corrected chi connectivity index (χ1v) is 6.26. The molecule has 4 heteroatoms. The lowest BCUT2D eigenvalue weighted by Crippen LogP contribution is -2.31. The zero-order chi connectivity index (χ0) is 13.5. The van der Waals surface area contributed by atoms with Crippen molar-refractivity contribution in [1.29, 1.82) is 0 Å². The highest BCUT2D eigenvalue weighted by molar-refractivity contribution is 5.77. The van der Waals surface area contributed by atoms with E-state index in [0.717, 1.165) is 12.0 Å². The second-order valence-corrected chi connectivity index (χ2v) is 4.16. The van der Waals surface area contributed by atoms with E-state index in [-0.39, 0.29) is 12.4 Å². The molecule has 0 aromatic heterocycles. The lowest BCUT2D eigenvalue weighted by atomic mass is 10.0. The van der Waals surface area contributed by atoms with Crippen LogP contribution in [0.2, 0.25) is 0 Å². The molecular formula is C14H20FNO2. The fraction of sp³-hybridized carbons (Fsp3) is 0.500. The number of hydrogen-bond donors (Lipinski definition) is 1. The van der Waals surface area contributed by atoms with Crippen molar-refractivity contribution in [2.75, 3.05) is 13.2 Å². The molecule has 1 aromatic rings. The zero-order valence-electron chi connectivity index (χ0n) is 11.1. The third-order valence-corrected chi connectivity index (χ3v) is 2.58. The molecule has 0 saturated carbocycles. The molecule has 3 nitrogen and oxygen atoms in total. The van der Waals surface area contributed by atoms with Gasteiger partial charge in [0.1, 0.15) is 11.9 Å². The van der Waals surface area contributed by atoms with Crippen molar-refractivity contribution in [1.82, 2.24) is 5.32 Å². The Hall–Kier alpha value is -1.42. The van der Waals surface area contributed by atoms with Crippen molar-refractivity contribution >= 4 is 5.97 Å². The molecule has 1 atom stereocenters. The average Bonchev–Trinajstić information content (AvgIpc) is 2.34. The third kappa shape index (κ3) is 3.81. The van der Waals surface area contributed by atoms with E-state index < -0.39 is 12.0 Å². The SMILES string of the molecule is CCCNC(C(=O)OCC)c1cc(C)ccc1F. The van der Waals surface area contributed by atoms with Gasteiger partial charge >= 0.3 is 5.97 Å². The molecule has 18 heavy (non-hydrogen) atoms. The number of halogens is 1. The summed E-state index contributed by atoms with van der Waals surface area (Å²) in [6, 6.07) is 4.01. The number of aryl methyl sites for hydroxylation is 1. The van der Waals surface area contributed by atoms with Gasteiger partial charge in [0, 0.05) is 5.56 Å². The van der Waals surface area contributed by atoms with Crippen LogP contribution in [-0.2, 0) is 9.53 Å². The minimum Gasteiger partial charge on any atom is -0.465 e. The topological polar surface area (TPSA) is 38.3 Å². The van der Waals surface area contributed by atoms with Gasteiger partial charge in [-0.1, -0.05) is 24.6 Å². The average molecular weight is 253 g/mol. The van der Waals surface area contributed by atoms with E-state index in [1.165, 1.54) is 6.07 Å². The highest BCUT2D eigenvalue weighted by Crippen LogP contribution is 2.20. The third-order valence-electron chi connectivity index (χ3n) is 2.58. The molecule has 0 aliphatic rings. The standard InChI is InChI=1S/C14H20FNO2/c1-4-8-16-13(14(17)18-5-2)11-9-10(3)6-7-12(11)15/h6-7,9,13,16H,4-5,8H2,1-3H3. The maximum atomic E-state index is 13.8. The molecule has 0 fully saturated rings. The Morgan fingerprint density at radius 1 is 1.44 bits per heavy atom. The van der Waals surface area contributed by atoms with Crippen LogP contribution in [0.5, 0.6) is 0 Å². The molecule has 100 valence electrons. The molecule has 1 rings (SSSR count). The summed E-state index contributed by atoms with van der Waals surface area (Å²) < 4.78 is 18.8. The van der Waals surface area contributed by atoms with E-state index in [1.54, 1.807) is 19.1 Å². The van der Waals surface area contributed by atoms with Gasteiger partial charge in [-0.25, -0.2) is 9.18 Å². The second kappa shape index (κ2) is 7.11. The summed E-state index contributed by atoms with van der Waals surface area (Å²) in [4.78, 5) is 11.9. The maximum Gasteiger partial charge on any atom is 0.327 e. The maximum absolute atomic E-state index is 13.8. The summed E-state index contributed by atoms with van der Waals surface area (Å²) in [6.45, 7) is 6.52. The van der Waals surface area contributed by atoms with Crippen LogP contribution in [0.25, 0.3) is 0 Å². The molecule has 0 radical (unpaired) electrons. The Morgan fingerprint density at radius 3 is 2.78 bits per heavy atom. The Labute approximate surface area is 107 Å². The Kier molecular flexibility index (Phi) is 5.78. The second-order valence-electron chi connectivity index (χ2n) is 4.16. The molecule has 0 aliphatic carbocycles. The summed E-state index contributed by atoms with van der Waals surface area (Å²) in [5.74, 6) is -0.822. The van der Waals surface area contributed by atoms with Crippen LogP contribution < -0.4 is 5.32 Å². The van der Waals surface area contributed by atoms with Crippen LogP contribution >= 0.6 is 0 Å². The summed E-state index contributed by atoms with van der Waals surface area (Å²) in [6.07, 6.45) is 0.864. The number of esters is 1. The van der Waals surface area contributed by atoms with Crippen molar-refractivity contribution in [2.24, 2.45) is 0 Å². The molecule has 1 unspecified atom stereocenters. The van der Waals surface area contributed by atoms with E-state index >= 15 is 0 Å². The first-order valence-electron chi connectivity index (χ1n) is 6.26. The number of carbonyl (C=O) groups excluding carboxylic acids is 1. The fourth-order valence-electron chi connectivity index (χ4n) is 1.72. The lowest BCUT2D eigenvalue weighted by molar-refractivity contribution is -0.145. The molecule has 0 spiro atoms. The van der Waals surface area contributed by atoms with Crippen LogP contribution in [0.15, 0.2) is 18.2 Å². The molecule has 1 N–H and O–H groups in total. The Bertz CT molecular complexity index is 407. The number of carbonyl (C=O) groups is 1. The van der Waals surface area contributed by atoms with Crippen molar-refractivity contribution in [3.63, 3.8) is 0 Å². The molecule has 0 aliphatic heterocycles. The van der Waals surface area contributed by atoms with Gasteiger partial charge in [0.15, 0.2) is 0 Å². The van der Waals surface area contributed by atoms with Gasteiger partial charge < -0.3 is 10.1 Å². The Balaban J connectivity index is 3.00. The van der Waals surface area contributed by atoms with Crippen molar-refractivity contribution in [3.8, 4) is 0 Å². The monoisotopic (exact) mass is 253 g/mol. The van der Waals surface area contributed by atoms with Crippen LogP contribution in [0.4, 0.5) is 4.39 Å². The largest absolute Gasteiger partial charge is 0.465 e. The zero-order valence-corrected chi connectivity index (χ0v) is 11.1. The number of ether oxygens (including phenoxy) is 1. The van der Waals surface area contributed by atoms with Gasteiger partial charge in [-0.05, 0) is 32.9 Å². The normalized spacial score (nSPS) is 12.2. The van der Waals surface area contributed by atoms with Gasteiger partial charge in [-0.3, -0.25) is 0 Å². The minimum atomic E-state index is -0.732. The molecule has 0 saturated heterocycles. The van der Waals surface area contributed by atoms with E-state index in [2.05, 4.69) is 5.32 Å². The van der Waals surface area contributed by atoms with E-state index in [4.69, 9.17) is 4.74 Å². The molecule has 0 amide bonds. The van der Waals surface area contributed by atoms with Crippen molar-refractivity contribution in [3.05, 3.63) is 35.1 Å². The number of rotatable bonds is 6. The van der Waals surface area contributed by atoms with Gasteiger partial charge in [-0.15, -0.1) is 0 Å². The predicted octanol–water partition coefficient (Wildman–Crippen LogP) is 2.74. The summed E-state index contributed by atoms with van der Waals surface area (Å²) in [5.41, 5.74) is 1.26. The first kappa shape index (κ1) is 14.6. The molecular weight excluding hydrogens is 233 g/mol. The van der Waals surface area contributed by atoms with Gasteiger partial charge in [0.2, 0.25) is 0 Å². The summed E-state index contributed by atoms with van der Waals surface area (Å²) >= 11 is 0. The van der Waals surface area contributed by atoms with E-state index in [1.807, 2.05) is 13.8 Å². The summed E-state index contributed by atoms with van der Waals surface area (Å²) in [5, 5.41) is 3.02. The molecule has 0 heterocycles. The van der Waals surface area contributed by atoms with Gasteiger partial charge in [0.25, 0.3) is 0 Å². The number of nitrogens with one attached hydrogen (secondary N) is 1. The Morgan fingerprint density at radius 2 is 2.17 bits per heavy atom. The van der Waals surface area contributed by atoms with E-state index in [9.17, 15) is 9.18 Å². The highest BCUT2D eigenvalue weighted by atomic mass is 19.1. The minimum absolute atomic E-state index is 0.288. The lowest BCUT2D eigenvalue weighted by Gasteiger charge is -2.18. The van der Waals surface area contributed by atoms with Crippen LogP contribution in [0.3, 0.4) is 0 Å².